The first kappa shape index (κ1) is 24.4. The highest BCUT2D eigenvalue weighted by molar-refractivity contribution is 6.09. The van der Waals surface area contributed by atoms with Gasteiger partial charge in [-0.3, -0.25) is 14.9 Å². The lowest BCUT2D eigenvalue weighted by atomic mass is 10.1. The number of rotatable bonds is 8. The largest absolute Gasteiger partial charge is 0.378 e. The minimum absolute atomic E-state index is 0.138. The maximum absolute atomic E-state index is 13.3. The third-order valence-corrected chi connectivity index (χ3v) is 6.41. The first-order valence-electron chi connectivity index (χ1n) is 12.4. The van der Waals surface area contributed by atoms with Gasteiger partial charge >= 0.3 is 0 Å². The Kier molecular flexibility index (Phi) is 7.09. The number of hydrogen-bond donors (Lipinski definition) is 1. The Bertz CT molecular complexity index is 1430. The normalized spacial score (nSPS) is 13.6. The fourth-order valence-corrected chi connectivity index (χ4v) is 4.38. The molecule has 1 N–H and O–H groups in total. The number of nitro benzene ring substituents is 1. The van der Waals surface area contributed by atoms with Gasteiger partial charge in [-0.05, 0) is 54.8 Å². The number of carbonyl (C=O) groups excluding carboxylic acids is 1. The van der Waals surface area contributed by atoms with E-state index in [-0.39, 0.29) is 11.3 Å². The van der Waals surface area contributed by atoms with Gasteiger partial charge in [0.15, 0.2) is 0 Å². The maximum atomic E-state index is 13.3. The quantitative estimate of drug-likeness (QED) is 0.274. The van der Waals surface area contributed by atoms with Crippen molar-refractivity contribution in [1.29, 1.82) is 0 Å². The van der Waals surface area contributed by atoms with Crippen LogP contribution in [0.25, 0.3) is 16.7 Å². The van der Waals surface area contributed by atoms with Crippen molar-refractivity contribution in [2.45, 2.75) is 26.2 Å². The first-order chi connectivity index (χ1) is 18.0. The number of nitrogens with one attached hydrogen (secondary N) is 1. The van der Waals surface area contributed by atoms with Gasteiger partial charge < -0.3 is 15.0 Å². The lowest BCUT2D eigenvalue weighted by Crippen LogP contribution is -2.37. The molecule has 1 aliphatic rings. The third-order valence-electron chi connectivity index (χ3n) is 6.41. The molecular formula is C27H28N6O4. The first-order valence-corrected chi connectivity index (χ1v) is 12.4. The Balaban J connectivity index is 1.38. The molecule has 2 heterocycles. The molecule has 5 rings (SSSR count). The van der Waals surface area contributed by atoms with Gasteiger partial charge in [0.05, 0.1) is 35.1 Å². The summed E-state index contributed by atoms with van der Waals surface area (Å²) in [7, 11) is 0. The number of aromatic nitrogens is 3. The Morgan fingerprint density at radius 1 is 1.03 bits per heavy atom. The van der Waals surface area contributed by atoms with Crippen LogP contribution in [0.4, 0.5) is 17.1 Å². The van der Waals surface area contributed by atoms with E-state index in [9.17, 15) is 14.9 Å². The van der Waals surface area contributed by atoms with Gasteiger partial charge in [-0.25, -0.2) is 0 Å². The van der Waals surface area contributed by atoms with E-state index in [1.54, 1.807) is 29.1 Å². The number of amides is 1. The van der Waals surface area contributed by atoms with Gasteiger partial charge in [0, 0.05) is 30.9 Å². The zero-order valence-corrected chi connectivity index (χ0v) is 20.6. The van der Waals surface area contributed by atoms with Crippen LogP contribution in [0.5, 0.6) is 0 Å². The van der Waals surface area contributed by atoms with Crippen LogP contribution < -0.4 is 10.2 Å². The van der Waals surface area contributed by atoms with Gasteiger partial charge in [0.25, 0.3) is 11.6 Å². The number of carbonyl (C=O) groups is 1. The van der Waals surface area contributed by atoms with Crippen molar-refractivity contribution in [3.05, 3.63) is 81.9 Å². The number of morpholine rings is 1. The maximum Gasteiger partial charge on any atom is 0.270 e. The fraction of sp³-hybridized carbons (Fsp3) is 0.296. The summed E-state index contributed by atoms with van der Waals surface area (Å²) in [6.07, 6.45) is 3.36. The molecule has 0 saturated carbocycles. The summed E-state index contributed by atoms with van der Waals surface area (Å²) in [5.41, 5.74) is 4.72. The van der Waals surface area contributed by atoms with Crippen LogP contribution in [0.15, 0.2) is 60.7 Å². The predicted molar refractivity (Wildman–Crippen MR) is 142 cm³/mol. The van der Waals surface area contributed by atoms with Crippen LogP contribution >= 0.6 is 0 Å². The molecule has 0 spiro atoms. The number of anilines is 2. The Morgan fingerprint density at radius 2 is 1.78 bits per heavy atom. The summed E-state index contributed by atoms with van der Waals surface area (Å²) < 4.78 is 5.41. The van der Waals surface area contributed by atoms with Gasteiger partial charge in [-0.1, -0.05) is 25.5 Å². The molecule has 0 radical (unpaired) electrons. The number of hydrogen-bond acceptors (Lipinski definition) is 7. The molecule has 1 aliphatic heterocycles. The number of nitro groups is 1. The van der Waals surface area contributed by atoms with E-state index in [1.807, 2.05) is 17.0 Å². The highest BCUT2D eigenvalue weighted by Gasteiger charge is 2.22. The van der Waals surface area contributed by atoms with E-state index >= 15 is 0 Å². The second-order valence-electron chi connectivity index (χ2n) is 8.98. The molecule has 0 unspecified atom stereocenters. The molecule has 1 aromatic heterocycles. The van der Waals surface area contributed by atoms with Crippen LogP contribution in [-0.2, 0) is 11.2 Å². The number of ether oxygens (including phenoxy) is 1. The highest BCUT2D eigenvalue weighted by Crippen LogP contribution is 2.28. The average molecular weight is 501 g/mol. The Morgan fingerprint density at radius 3 is 2.51 bits per heavy atom. The van der Waals surface area contributed by atoms with Gasteiger partial charge in [0.2, 0.25) is 0 Å². The minimum Gasteiger partial charge on any atom is -0.378 e. The van der Waals surface area contributed by atoms with Gasteiger partial charge in [-0.15, -0.1) is 10.2 Å². The number of non-ortho nitro benzene ring substituents is 1. The predicted octanol–water partition coefficient (Wildman–Crippen LogP) is 4.76. The molecule has 1 amide bonds. The van der Waals surface area contributed by atoms with Crippen LogP contribution in [0.1, 0.15) is 35.7 Å². The summed E-state index contributed by atoms with van der Waals surface area (Å²) in [4.78, 5) is 27.7. The fourth-order valence-electron chi connectivity index (χ4n) is 4.38. The second kappa shape index (κ2) is 10.8. The number of fused-ring (bicyclic) bond motifs is 1. The molecule has 10 nitrogen and oxygen atoms in total. The zero-order valence-electron chi connectivity index (χ0n) is 20.6. The number of aryl methyl sites for hydroxylation is 1. The monoisotopic (exact) mass is 500 g/mol. The average Bonchev–Trinajstić information content (AvgIpc) is 3.36. The van der Waals surface area contributed by atoms with Crippen molar-refractivity contribution in [3.63, 3.8) is 0 Å². The van der Waals surface area contributed by atoms with Crippen LogP contribution in [0.3, 0.4) is 0 Å². The van der Waals surface area contributed by atoms with Crippen molar-refractivity contribution in [2.75, 3.05) is 36.5 Å². The standard InChI is InChI=1S/C27H28N6O4/c1-2-3-4-19-5-8-21(9-6-19)32-29-24-11-7-20(17-25(24)30-32)28-27(34)23-18-22(33(35)36)10-12-26(23)31-13-15-37-16-14-31/h5-12,17-18H,2-4,13-16H2,1H3,(H,28,34). The molecule has 0 aliphatic carbocycles. The summed E-state index contributed by atoms with van der Waals surface area (Å²) in [6, 6.07) is 17.8. The van der Waals surface area contributed by atoms with E-state index in [2.05, 4.69) is 34.6 Å². The van der Waals surface area contributed by atoms with Gasteiger partial charge in [-0.2, -0.15) is 4.80 Å². The van der Waals surface area contributed by atoms with E-state index in [1.165, 1.54) is 17.7 Å². The van der Waals surface area contributed by atoms with Crippen molar-refractivity contribution >= 4 is 34.0 Å². The Labute approximate surface area is 214 Å². The SMILES string of the molecule is CCCCc1ccc(-n2nc3ccc(NC(=O)c4cc([N+](=O)[O-])ccc4N4CCOCC4)cc3n2)cc1. The van der Waals surface area contributed by atoms with Crippen molar-refractivity contribution < 1.29 is 14.5 Å². The van der Waals surface area contributed by atoms with Crippen molar-refractivity contribution in [3.8, 4) is 5.69 Å². The summed E-state index contributed by atoms with van der Waals surface area (Å²) >= 11 is 0. The molecule has 37 heavy (non-hydrogen) atoms. The number of nitrogens with zero attached hydrogens (tertiary/aromatic N) is 5. The van der Waals surface area contributed by atoms with Crippen LogP contribution in [0.2, 0.25) is 0 Å². The van der Waals surface area contributed by atoms with Gasteiger partial charge in [0.1, 0.15) is 11.0 Å². The number of unbranched alkanes of at least 4 members (excludes halogenated alkanes) is 1. The van der Waals surface area contributed by atoms with Crippen LogP contribution in [0, 0.1) is 10.1 Å². The van der Waals surface area contributed by atoms with E-state index in [4.69, 9.17) is 4.74 Å². The molecule has 3 aromatic carbocycles. The molecule has 10 heteroatoms. The van der Waals surface area contributed by atoms with E-state index in [0.29, 0.717) is 48.7 Å². The summed E-state index contributed by atoms with van der Waals surface area (Å²) in [6.45, 7) is 4.45. The molecule has 4 aromatic rings. The number of benzene rings is 3. The summed E-state index contributed by atoms with van der Waals surface area (Å²) in [5, 5.41) is 23.4. The lowest BCUT2D eigenvalue weighted by molar-refractivity contribution is -0.384. The van der Waals surface area contributed by atoms with E-state index in [0.717, 1.165) is 24.9 Å². The molecule has 0 atom stereocenters. The molecule has 1 fully saturated rings. The Hall–Kier alpha value is -4.31. The molecular weight excluding hydrogens is 472 g/mol. The molecule has 1 saturated heterocycles. The van der Waals surface area contributed by atoms with Crippen LogP contribution in [-0.4, -0.2) is 52.1 Å². The smallest absolute Gasteiger partial charge is 0.270 e. The molecule has 190 valence electrons. The van der Waals surface area contributed by atoms with E-state index < -0.39 is 10.8 Å². The highest BCUT2D eigenvalue weighted by atomic mass is 16.6. The minimum atomic E-state index is -0.499. The summed E-state index contributed by atoms with van der Waals surface area (Å²) in [5.74, 6) is -0.431. The molecule has 0 bridgehead atoms. The van der Waals surface area contributed by atoms with Crippen molar-refractivity contribution in [1.82, 2.24) is 15.0 Å². The topological polar surface area (TPSA) is 115 Å². The third kappa shape index (κ3) is 5.44. The second-order valence-corrected chi connectivity index (χ2v) is 8.98. The zero-order chi connectivity index (χ0) is 25.8. The lowest BCUT2D eigenvalue weighted by Gasteiger charge is -2.30. The van der Waals surface area contributed by atoms with Crippen molar-refractivity contribution in [2.24, 2.45) is 0 Å².